The van der Waals surface area contributed by atoms with Crippen LogP contribution in [0.5, 0.6) is 0 Å². The lowest BCUT2D eigenvalue weighted by Crippen LogP contribution is -2.61. The van der Waals surface area contributed by atoms with Crippen LogP contribution in [-0.2, 0) is 32.1 Å². The van der Waals surface area contributed by atoms with Crippen molar-refractivity contribution >= 4 is 35.2 Å². The summed E-state index contributed by atoms with van der Waals surface area (Å²) in [4.78, 5) is 58.3. The van der Waals surface area contributed by atoms with Gasteiger partial charge in [0.1, 0.15) is 11.9 Å². The fourth-order valence-corrected chi connectivity index (χ4v) is 6.63. The minimum atomic E-state index is -1.09. The Kier molecular flexibility index (Phi) is 11.8. The van der Waals surface area contributed by atoms with Crippen LogP contribution >= 0.6 is 11.6 Å². The van der Waals surface area contributed by atoms with E-state index in [1.165, 1.54) is 39.0 Å². The third-order valence-corrected chi connectivity index (χ3v) is 9.23. The molecule has 4 amide bonds. The van der Waals surface area contributed by atoms with Gasteiger partial charge in [-0.1, -0.05) is 90.5 Å². The summed E-state index contributed by atoms with van der Waals surface area (Å²) in [6, 6.07) is 30.0. The lowest BCUT2D eigenvalue weighted by molar-refractivity contribution is -0.158. The number of carbonyl (C=O) groups is 4. The van der Waals surface area contributed by atoms with Gasteiger partial charge in [0.25, 0.3) is 0 Å². The molecule has 4 aromatic carbocycles. The van der Waals surface area contributed by atoms with Gasteiger partial charge < -0.3 is 20.4 Å². The topological polar surface area (TPSA) is 104 Å². The van der Waals surface area contributed by atoms with E-state index in [2.05, 4.69) is 0 Å². The van der Waals surface area contributed by atoms with Crippen molar-refractivity contribution in [1.29, 1.82) is 0 Å². The van der Waals surface area contributed by atoms with Crippen LogP contribution in [0.1, 0.15) is 46.6 Å². The molecular weight excluding hydrogens is 643 g/mol. The Hall–Kier alpha value is -5.02. The van der Waals surface area contributed by atoms with E-state index in [1.54, 1.807) is 6.07 Å². The van der Waals surface area contributed by atoms with Crippen molar-refractivity contribution < 1.29 is 23.6 Å². The standard InChI is InChI=1S/C39H40ClFN4O4/c1-27-22-32(40)15-14-29(27)18-20-43-26-38(48)45(21-19-34(30-8-4-2-5-9-30)31-10-6-3-7-11-31)35(39(43)49)23-37(47)44(25-36(42)46)24-28-12-16-33(41)17-13-28/h2-17,22,34-35H,18-21,23-26H2,1H3,(H2,42,46). The van der Waals surface area contributed by atoms with Crippen LogP contribution in [0.2, 0.25) is 5.02 Å². The van der Waals surface area contributed by atoms with Gasteiger partial charge in [0.2, 0.25) is 23.6 Å². The molecule has 1 heterocycles. The highest BCUT2D eigenvalue weighted by Gasteiger charge is 2.41. The molecule has 0 aromatic heterocycles. The van der Waals surface area contributed by atoms with Gasteiger partial charge >= 0.3 is 0 Å². The molecule has 49 heavy (non-hydrogen) atoms. The van der Waals surface area contributed by atoms with Crippen LogP contribution in [0.25, 0.3) is 0 Å². The van der Waals surface area contributed by atoms with Crippen molar-refractivity contribution in [3.05, 3.63) is 142 Å². The van der Waals surface area contributed by atoms with Gasteiger partial charge in [0.15, 0.2) is 0 Å². The number of primary amides is 1. The van der Waals surface area contributed by atoms with E-state index in [-0.39, 0.29) is 50.3 Å². The van der Waals surface area contributed by atoms with Crippen LogP contribution in [0.3, 0.4) is 0 Å². The Bertz CT molecular complexity index is 1730. The number of hydrogen-bond donors (Lipinski definition) is 1. The molecule has 0 saturated carbocycles. The number of amides is 4. The zero-order valence-corrected chi connectivity index (χ0v) is 28.2. The summed E-state index contributed by atoms with van der Waals surface area (Å²) in [6.07, 6.45) is 0.685. The maximum atomic E-state index is 14.2. The van der Waals surface area contributed by atoms with E-state index in [4.69, 9.17) is 17.3 Å². The molecule has 0 spiro atoms. The molecule has 1 unspecified atom stereocenters. The molecule has 1 atom stereocenters. The van der Waals surface area contributed by atoms with E-state index >= 15 is 0 Å². The van der Waals surface area contributed by atoms with Gasteiger partial charge in [-0.25, -0.2) is 4.39 Å². The average Bonchev–Trinajstić information content (AvgIpc) is 3.08. The molecular formula is C39H40ClFN4O4. The van der Waals surface area contributed by atoms with E-state index in [1.807, 2.05) is 79.7 Å². The van der Waals surface area contributed by atoms with Gasteiger partial charge in [0.05, 0.1) is 19.5 Å². The SMILES string of the molecule is Cc1cc(Cl)ccc1CCN1CC(=O)N(CCC(c2ccccc2)c2ccccc2)C(CC(=O)N(CC(N)=O)Cc2ccc(F)cc2)C1=O. The smallest absolute Gasteiger partial charge is 0.246 e. The second-order valence-corrected chi connectivity index (χ2v) is 12.8. The number of benzene rings is 4. The van der Waals surface area contributed by atoms with E-state index in [9.17, 15) is 23.6 Å². The van der Waals surface area contributed by atoms with E-state index < -0.39 is 30.2 Å². The molecule has 5 rings (SSSR count). The summed E-state index contributed by atoms with van der Waals surface area (Å²) < 4.78 is 13.6. The Morgan fingerprint density at radius 2 is 1.55 bits per heavy atom. The number of rotatable bonds is 14. The lowest BCUT2D eigenvalue weighted by atomic mass is 9.88. The van der Waals surface area contributed by atoms with Crippen LogP contribution in [-0.4, -0.2) is 70.5 Å². The number of nitrogens with two attached hydrogens (primary N) is 1. The minimum Gasteiger partial charge on any atom is -0.368 e. The number of carbonyl (C=O) groups excluding carboxylic acids is 4. The molecule has 0 bridgehead atoms. The second-order valence-electron chi connectivity index (χ2n) is 12.4. The molecule has 10 heteroatoms. The quantitative estimate of drug-likeness (QED) is 0.190. The Morgan fingerprint density at radius 3 is 2.14 bits per heavy atom. The molecule has 1 aliphatic heterocycles. The van der Waals surface area contributed by atoms with Crippen molar-refractivity contribution in [3.8, 4) is 0 Å². The molecule has 0 radical (unpaired) electrons. The van der Waals surface area contributed by atoms with Gasteiger partial charge in [-0.15, -0.1) is 0 Å². The third-order valence-electron chi connectivity index (χ3n) is 8.99. The summed E-state index contributed by atoms with van der Waals surface area (Å²) in [5.74, 6) is -2.33. The molecule has 8 nitrogen and oxygen atoms in total. The lowest BCUT2D eigenvalue weighted by Gasteiger charge is -2.41. The fourth-order valence-electron chi connectivity index (χ4n) is 6.40. The van der Waals surface area contributed by atoms with Crippen LogP contribution in [0.15, 0.2) is 103 Å². The van der Waals surface area contributed by atoms with Gasteiger partial charge in [-0.05, 0) is 71.8 Å². The summed E-state index contributed by atoms with van der Waals surface area (Å²) in [6.45, 7) is 1.93. The summed E-state index contributed by atoms with van der Waals surface area (Å²) >= 11 is 6.14. The van der Waals surface area contributed by atoms with Crippen molar-refractivity contribution in [2.75, 3.05) is 26.2 Å². The van der Waals surface area contributed by atoms with Crippen LogP contribution < -0.4 is 5.73 Å². The van der Waals surface area contributed by atoms with E-state index in [0.717, 1.165) is 22.3 Å². The van der Waals surface area contributed by atoms with Crippen LogP contribution in [0, 0.1) is 12.7 Å². The van der Waals surface area contributed by atoms with Gasteiger partial charge in [-0.3, -0.25) is 19.2 Å². The van der Waals surface area contributed by atoms with Crippen molar-refractivity contribution in [2.45, 2.75) is 44.7 Å². The first-order valence-electron chi connectivity index (χ1n) is 16.3. The highest BCUT2D eigenvalue weighted by atomic mass is 35.5. The highest BCUT2D eigenvalue weighted by Crippen LogP contribution is 2.30. The Morgan fingerprint density at radius 1 is 0.918 bits per heavy atom. The van der Waals surface area contributed by atoms with Crippen LogP contribution in [0.4, 0.5) is 4.39 Å². The third kappa shape index (κ3) is 9.32. The average molecular weight is 683 g/mol. The minimum absolute atomic E-state index is 0.0133. The molecule has 254 valence electrons. The molecule has 2 N–H and O–H groups in total. The predicted molar refractivity (Wildman–Crippen MR) is 187 cm³/mol. The Balaban J connectivity index is 1.41. The predicted octanol–water partition coefficient (Wildman–Crippen LogP) is 5.50. The summed E-state index contributed by atoms with van der Waals surface area (Å²) in [5.41, 5.74) is 10.2. The fraction of sp³-hybridized carbons (Fsp3) is 0.282. The van der Waals surface area contributed by atoms with Crippen molar-refractivity contribution in [3.63, 3.8) is 0 Å². The first-order chi connectivity index (χ1) is 23.6. The second kappa shape index (κ2) is 16.4. The number of nitrogens with zero attached hydrogens (tertiary/aromatic N) is 3. The first kappa shape index (κ1) is 35.3. The molecule has 4 aromatic rings. The summed E-state index contributed by atoms with van der Waals surface area (Å²) in [5, 5.41) is 0.616. The Labute approximate surface area is 291 Å². The molecule has 1 aliphatic rings. The normalized spacial score (nSPS) is 14.7. The number of piperazine rings is 1. The zero-order valence-electron chi connectivity index (χ0n) is 27.4. The number of hydrogen-bond acceptors (Lipinski definition) is 4. The van der Waals surface area contributed by atoms with Gasteiger partial charge in [-0.2, -0.15) is 0 Å². The number of aryl methyl sites for hydroxylation is 1. The highest BCUT2D eigenvalue weighted by molar-refractivity contribution is 6.30. The number of halogens is 2. The van der Waals surface area contributed by atoms with Crippen molar-refractivity contribution in [2.24, 2.45) is 5.73 Å². The molecule has 0 aliphatic carbocycles. The van der Waals surface area contributed by atoms with Crippen molar-refractivity contribution in [1.82, 2.24) is 14.7 Å². The van der Waals surface area contributed by atoms with Gasteiger partial charge in [0, 0.05) is 30.6 Å². The largest absolute Gasteiger partial charge is 0.368 e. The van der Waals surface area contributed by atoms with E-state index in [0.29, 0.717) is 23.4 Å². The molecule has 1 fully saturated rings. The summed E-state index contributed by atoms with van der Waals surface area (Å²) in [7, 11) is 0. The maximum absolute atomic E-state index is 14.2. The monoisotopic (exact) mass is 682 g/mol. The first-order valence-corrected chi connectivity index (χ1v) is 16.7. The maximum Gasteiger partial charge on any atom is 0.246 e. The molecule has 1 saturated heterocycles. The zero-order chi connectivity index (χ0) is 34.9.